The van der Waals surface area contributed by atoms with E-state index in [0.717, 1.165) is 10.5 Å². The average molecular weight is 428 g/mol. The number of amides is 3. The zero-order chi connectivity index (χ0) is 22.8. The van der Waals surface area contributed by atoms with Gasteiger partial charge in [0.1, 0.15) is 6.67 Å². The van der Waals surface area contributed by atoms with Gasteiger partial charge in [0.2, 0.25) is 0 Å². The Bertz CT molecular complexity index is 1200. The Morgan fingerprint density at radius 3 is 2.00 bits per heavy atom. The Labute approximate surface area is 184 Å². The predicted octanol–water partition coefficient (Wildman–Crippen LogP) is 3.68. The number of anilines is 1. The highest BCUT2D eigenvalue weighted by Gasteiger charge is 2.38. The van der Waals surface area contributed by atoms with Crippen molar-refractivity contribution in [1.29, 1.82) is 0 Å². The molecule has 160 valence electrons. The molecule has 0 spiro atoms. The van der Waals surface area contributed by atoms with Crippen molar-refractivity contribution < 1.29 is 23.9 Å². The summed E-state index contributed by atoms with van der Waals surface area (Å²) in [4.78, 5) is 54.0. The van der Waals surface area contributed by atoms with Crippen LogP contribution in [0.5, 0.6) is 0 Å². The number of fused-ring (bicyclic) bond motifs is 1. The molecular formula is C25H20N2O5. The van der Waals surface area contributed by atoms with Crippen LogP contribution in [0.2, 0.25) is 0 Å². The second-order valence-electron chi connectivity index (χ2n) is 7.33. The van der Waals surface area contributed by atoms with Gasteiger partial charge in [0.15, 0.2) is 0 Å². The molecule has 1 aliphatic rings. The zero-order valence-electron chi connectivity index (χ0n) is 17.6. The van der Waals surface area contributed by atoms with Crippen molar-refractivity contribution in [2.24, 2.45) is 0 Å². The smallest absolute Gasteiger partial charge is 0.339 e. The lowest BCUT2D eigenvalue weighted by Gasteiger charge is -2.28. The molecule has 3 aromatic rings. The summed E-state index contributed by atoms with van der Waals surface area (Å²) in [6.45, 7) is 1.55. The number of ether oxygens (including phenoxy) is 1. The van der Waals surface area contributed by atoms with Crippen molar-refractivity contribution in [1.82, 2.24) is 4.90 Å². The van der Waals surface area contributed by atoms with Gasteiger partial charge in [-0.05, 0) is 43.3 Å². The Morgan fingerprint density at radius 2 is 1.41 bits per heavy atom. The molecule has 4 rings (SSSR count). The molecule has 0 N–H and O–H groups in total. The van der Waals surface area contributed by atoms with Gasteiger partial charge in [0.25, 0.3) is 17.7 Å². The fourth-order valence-corrected chi connectivity index (χ4v) is 3.60. The summed E-state index contributed by atoms with van der Waals surface area (Å²) in [5, 5.41) is 0. The number of rotatable bonds is 5. The van der Waals surface area contributed by atoms with Gasteiger partial charge in [0, 0.05) is 5.56 Å². The molecule has 0 saturated carbocycles. The lowest BCUT2D eigenvalue weighted by molar-refractivity contribution is 0.0601. The third-order valence-electron chi connectivity index (χ3n) is 5.30. The number of hydrogen-bond acceptors (Lipinski definition) is 5. The summed E-state index contributed by atoms with van der Waals surface area (Å²) in [6, 6.07) is 19.8. The summed E-state index contributed by atoms with van der Waals surface area (Å²) < 4.78 is 4.87. The number of esters is 1. The van der Waals surface area contributed by atoms with Gasteiger partial charge in [-0.15, -0.1) is 0 Å². The van der Waals surface area contributed by atoms with E-state index in [9.17, 15) is 19.2 Å². The first-order valence-corrected chi connectivity index (χ1v) is 9.93. The second-order valence-corrected chi connectivity index (χ2v) is 7.33. The third kappa shape index (κ3) is 3.65. The predicted molar refractivity (Wildman–Crippen MR) is 118 cm³/mol. The van der Waals surface area contributed by atoms with E-state index < -0.39 is 23.7 Å². The molecule has 7 nitrogen and oxygen atoms in total. The van der Waals surface area contributed by atoms with E-state index in [4.69, 9.17) is 4.74 Å². The molecule has 3 aromatic carbocycles. The van der Waals surface area contributed by atoms with Crippen molar-refractivity contribution in [2.75, 3.05) is 18.7 Å². The highest BCUT2D eigenvalue weighted by atomic mass is 16.5. The SMILES string of the molecule is COC(=O)c1ccccc1N(CN1C(=O)c2ccccc2C1=O)C(=O)c1ccc(C)cc1. The van der Waals surface area contributed by atoms with E-state index in [0.29, 0.717) is 5.56 Å². The molecule has 7 heteroatoms. The zero-order valence-corrected chi connectivity index (χ0v) is 17.6. The lowest BCUT2D eigenvalue weighted by atomic mass is 10.1. The molecule has 0 aliphatic carbocycles. The second kappa shape index (κ2) is 8.47. The van der Waals surface area contributed by atoms with E-state index in [1.54, 1.807) is 66.7 Å². The summed E-state index contributed by atoms with van der Waals surface area (Å²) in [5.74, 6) is -2.09. The Kier molecular flexibility index (Phi) is 5.55. The topological polar surface area (TPSA) is 84.0 Å². The minimum Gasteiger partial charge on any atom is -0.465 e. The Balaban J connectivity index is 1.78. The number of carbonyl (C=O) groups is 4. The molecule has 0 atom stereocenters. The number of nitrogens with zero attached hydrogens (tertiary/aromatic N) is 2. The molecule has 0 radical (unpaired) electrons. The fourth-order valence-electron chi connectivity index (χ4n) is 3.60. The van der Waals surface area contributed by atoms with E-state index in [2.05, 4.69) is 0 Å². The van der Waals surface area contributed by atoms with Crippen molar-refractivity contribution in [3.63, 3.8) is 0 Å². The molecule has 32 heavy (non-hydrogen) atoms. The fraction of sp³-hybridized carbons (Fsp3) is 0.120. The minimum atomic E-state index is -0.635. The number of imide groups is 1. The van der Waals surface area contributed by atoms with Crippen molar-refractivity contribution in [3.05, 3.63) is 101 Å². The van der Waals surface area contributed by atoms with Crippen LogP contribution in [0.1, 0.15) is 47.0 Å². The number of benzene rings is 3. The van der Waals surface area contributed by atoms with Crippen molar-refractivity contribution in [3.8, 4) is 0 Å². The van der Waals surface area contributed by atoms with Crippen LogP contribution >= 0.6 is 0 Å². The van der Waals surface area contributed by atoms with Gasteiger partial charge < -0.3 is 4.74 Å². The molecule has 0 aromatic heterocycles. The number of para-hydroxylation sites is 1. The van der Waals surface area contributed by atoms with Crippen LogP contribution in [0.3, 0.4) is 0 Å². The minimum absolute atomic E-state index is 0.145. The lowest BCUT2D eigenvalue weighted by Crippen LogP contribution is -2.45. The maximum absolute atomic E-state index is 13.5. The van der Waals surface area contributed by atoms with Gasteiger partial charge in [-0.1, -0.05) is 42.0 Å². The van der Waals surface area contributed by atoms with Gasteiger partial charge in [0.05, 0.1) is 29.5 Å². The Morgan fingerprint density at radius 1 is 0.844 bits per heavy atom. The van der Waals surface area contributed by atoms with Gasteiger partial charge >= 0.3 is 5.97 Å². The Hall–Kier alpha value is -4.26. The average Bonchev–Trinajstić information content (AvgIpc) is 3.07. The molecular weight excluding hydrogens is 408 g/mol. The normalized spacial score (nSPS) is 12.5. The van der Waals surface area contributed by atoms with Crippen molar-refractivity contribution in [2.45, 2.75) is 6.92 Å². The van der Waals surface area contributed by atoms with E-state index in [-0.39, 0.29) is 29.0 Å². The maximum Gasteiger partial charge on any atom is 0.339 e. The van der Waals surface area contributed by atoms with Crippen LogP contribution in [-0.4, -0.2) is 42.4 Å². The maximum atomic E-state index is 13.5. The summed E-state index contributed by atoms with van der Waals surface area (Å²) in [7, 11) is 1.25. The molecule has 0 fully saturated rings. The molecule has 3 amide bonds. The molecule has 0 unspecified atom stereocenters. The molecule has 0 bridgehead atoms. The van der Waals surface area contributed by atoms with Crippen LogP contribution in [0.4, 0.5) is 5.69 Å². The number of hydrogen-bond donors (Lipinski definition) is 0. The summed E-state index contributed by atoms with van der Waals surface area (Å²) >= 11 is 0. The number of carbonyl (C=O) groups excluding carboxylic acids is 4. The molecule has 1 heterocycles. The highest BCUT2D eigenvalue weighted by molar-refractivity contribution is 6.22. The van der Waals surface area contributed by atoms with E-state index >= 15 is 0 Å². The molecule has 1 aliphatic heterocycles. The highest BCUT2D eigenvalue weighted by Crippen LogP contribution is 2.28. The van der Waals surface area contributed by atoms with Gasteiger partial charge in [-0.2, -0.15) is 0 Å². The van der Waals surface area contributed by atoms with Gasteiger partial charge in [-0.25, -0.2) is 4.79 Å². The van der Waals surface area contributed by atoms with Gasteiger partial charge in [-0.3, -0.25) is 24.2 Å². The monoisotopic (exact) mass is 428 g/mol. The summed E-state index contributed by atoms with van der Waals surface area (Å²) in [5.41, 5.74) is 2.27. The number of methoxy groups -OCH3 is 1. The van der Waals surface area contributed by atoms with Crippen LogP contribution in [0, 0.1) is 6.92 Å². The largest absolute Gasteiger partial charge is 0.465 e. The number of aryl methyl sites for hydroxylation is 1. The van der Waals surface area contributed by atoms with Crippen LogP contribution < -0.4 is 4.90 Å². The van der Waals surface area contributed by atoms with Crippen molar-refractivity contribution >= 4 is 29.4 Å². The molecule has 0 saturated heterocycles. The van der Waals surface area contributed by atoms with E-state index in [1.165, 1.54) is 18.1 Å². The summed E-state index contributed by atoms with van der Waals surface area (Å²) in [6.07, 6.45) is 0. The standard InChI is InChI=1S/C25H20N2O5/c1-16-11-13-17(14-12-16)22(28)26(21-10-6-5-9-20(21)25(31)32-2)15-27-23(29)18-7-3-4-8-19(18)24(27)30/h3-14H,15H2,1-2H3. The first-order valence-electron chi connectivity index (χ1n) is 9.93. The van der Waals surface area contributed by atoms with Crippen LogP contribution in [0.25, 0.3) is 0 Å². The van der Waals surface area contributed by atoms with E-state index in [1.807, 2.05) is 6.92 Å². The third-order valence-corrected chi connectivity index (χ3v) is 5.30. The van der Waals surface area contributed by atoms with Crippen LogP contribution in [0.15, 0.2) is 72.8 Å². The first-order chi connectivity index (χ1) is 15.4. The quantitative estimate of drug-likeness (QED) is 0.457. The van der Waals surface area contributed by atoms with Crippen LogP contribution in [-0.2, 0) is 4.74 Å². The first kappa shape index (κ1) is 21.0.